The predicted molar refractivity (Wildman–Crippen MR) is 83.5 cm³/mol. The maximum absolute atomic E-state index is 10.2. The van der Waals surface area contributed by atoms with Gasteiger partial charge in [0, 0.05) is 0 Å². The van der Waals surface area contributed by atoms with Crippen molar-refractivity contribution >= 4 is 14.5 Å². The molecule has 0 aromatic carbocycles. The number of hydrogen-bond acceptors (Lipinski definition) is 4. The fourth-order valence-corrected chi connectivity index (χ4v) is 3.79. The first kappa shape index (κ1) is 16.9. The van der Waals surface area contributed by atoms with Crippen LogP contribution in [-0.2, 0) is 13.9 Å². The fraction of sp³-hybridized carbons (Fsp3) is 0.933. The molecule has 0 bridgehead atoms. The lowest BCUT2D eigenvalue weighted by atomic mass is 9.99. The van der Waals surface area contributed by atoms with Gasteiger partial charge in [-0.3, -0.25) is 5.21 Å². The Bertz CT molecular complexity index is 455. The van der Waals surface area contributed by atoms with E-state index in [1.165, 1.54) is 4.74 Å². The highest BCUT2D eigenvalue weighted by molar-refractivity contribution is 6.74. The Labute approximate surface area is 129 Å². The summed E-state index contributed by atoms with van der Waals surface area (Å²) < 4.78 is 19.4. The van der Waals surface area contributed by atoms with Crippen molar-refractivity contribution in [3.63, 3.8) is 0 Å². The SMILES string of the molecule is CC1(C)O[C@@H]2[C@@H](CO[Si](C)(C)C(C)(C)C)[N+](O)=C[C@]2(C)O1. The van der Waals surface area contributed by atoms with Crippen molar-refractivity contribution in [2.45, 2.75) is 83.2 Å². The summed E-state index contributed by atoms with van der Waals surface area (Å²) >= 11 is 0. The number of rotatable bonds is 3. The second-order valence-electron chi connectivity index (χ2n) is 8.37. The molecular formula is C15H30NO4Si+. The molecule has 0 saturated carbocycles. The van der Waals surface area contributed by atoms with Crippen LogP contribution in [0.15, 0.2) is 0 Å². The van der Waals surface area contributed by atoms with Crippen LogP contribution in [0.4, 0.5) is 0 Å². The summed E-state index contributed by atoms with van der Waals surface area (Å²) in [7, 11) is -1.85. The smallest absolute Gasteiger partial charge is 0.252 e. The molecule has 3 atom stereocenters. The fourth-order valence-electron chi connectivity index (χ4n) is 2.77. The third kappa shape index (κ3) is 3.04. The van der Waals surface area contributed by atoms with Crippen molar-refractivity contribution in [3.05, 3.63) is 0 Å². The van der Waals surface area contributed by atoms with Crippen molar-refractivity contribution in [1.29, 1.82) is 0 Å². The van der Waals surface area contributed by atoms with Crippen molar-refractivity contribution in [2.75, 3.05) is 6.61 Å². The third-order valence-electron chi connectivity index (χ3n) is 4.94. The lowest BCUT2D eigenvalue weighted by Crippen LogP contribution is -2.48. The van der Waals surface area contributed by atoms with E-state index in [1.807, 2.05) is 20.8 Å². The van der Waals surface area contributed by atoms with E-state index in [9.17, 15) is 5.21 Å². The van der Waals surface area contributed by atoms with Gasteiger partial charge in [0.1, 0.15) is 6.61 Å². The molecule has 0 unspecified atom stereocenters. The Kier molecular flexibility index (Phi) is 3.85. The van der Waals surface area contributed by atoms with Gasteiger partial charge in [0.15, 0.2) is 25.8 Å². The van der Waals surface area contributed by atoms with Crippen LogP contribution in [0.5, 0.6) is 0 Å². The summed E-state index contributed by atoms with van der Waals surface area (Å²) in [5, 5.41) is 10.3. The van der Waals surface area contributed by atoms with Crippen LogP contribution >= 0.6 is 0 Å². The van der Waals surface area contributed by atoms with Crippen LogP contribution in [0.3, 0.4) is 0 Å². The highest BCUT2D eigenvalue weighted by atomic mass is 28.4. The lowest BCUT2D eigenvalue weighted by Gasteiger charge is -2.36. The highest BCUT2D eigenvalue weighted by Gasteiger charge is 2.63. The first-order valence-electron chi connectivity index (χ1n) is 7.63. The largest absolute Gasteiger partial charge is 0.410 e. The summed E-state index contributed by atoms with van der Waals surface area (Å²) in [5.74, 6) is -0.633. The molecule has 0 aromatic rings. The third-order valence-corrected chi connectivity index (χ3v) is 9.44. The number of hydroxylamine groups is 1. The van der Waals surface area contributed by atoms with E-state index in [2.05, 4.69) is 33.9 Å². The molecule has 0 amide bonds. The zero-order valence-electron chi connectivity index (χ0n) is 14.6. The Morgan fingerprint density at radius 2 is 1.86 bits per heavy atom. The summed E-state index contributed by atoms with van der Waals surface area (Å²) in [6.07, 6.45) is 1.48. The minimum absolute atomic E-state index is 0.144. The van der Waals surface area contributed by atoms with E-state index in [0.717, 1.165) is 0 Å². The van der Waals surface area contributed by atoms with Gasteiger partial charge in [-0.15, -0.1) is 0 Å². The van der Waals surface area contributed by atoms with E-state index < -0.39 is 19.7 Å². The van der Waals surface area contributed by atoms with E-state index in [-0.39, 0.29) is 17.2 Å². The van der Waals surface area contributed by atoms with Crippen LogP contribution in [0.2, 0.25) is 18.1 Å². The first-order chi connectivity index (χ1) is 9.28. The Morgan fingerprint density at radius 3 is 2.38 bits per heavy atom. The maximum atomic E-state index is 10.2. The molecule has 0 radical (unpaired) electrons. The zero-order chi connectivity index (χ0) is 16.3. The molecule has 2 aliphatic rings. The van der Waals surface area contributed by atoms with Gasteiger partial charge in [-0.25, -0.2) is 0 Å². The molecule has 2 aliphatic heterocycles. The topological polar surface area (TPSA) is 50.9 Å². The molecule has 0 spiro atoms. The summed E-state index contributed by atoms with van der Waals surface area (Å²) in [6.45, 7) is 17.2. The van der Waals surface area contributed by atoms with Gasteiger partial charge in [0.05, 0.1) is 0 Å². The van der Waals surface area contributed by atoms with Crippen molar-refractivity contribution in [2.24, 2.45) is 0 Å². The predicted octanol–water partition coefficient (Wildman–Crippen LogP) is 2.77. The molecule has 5 nitrogen and oxygen atoms in total. The highest BCUT2D eigenvalue weighted by Crippen LogP contribution is 2.41. The van der Waals surface area contributed by atoms with E-state index in [1.54, 1.807) is 6.21 Å². The zero-order valence-corrected chi connectivity index (χ0v) is 15.6. The summed E-state index contributed by atoms with van der Waals surface area (Å²) in [5.41, 5.74) is -0.598. The molecule has 1 saturated heterocycles. The number of fused-ring (bicyclic) bond motifs is 1. The Hall–Kier alpha value is -0.433. The molecule has 0 aromatic heterocycles. The molecule has 2 heterocycles. The van der Waals surface area contributed by atoms with Crippen molar-refractivity contribution in [3.8, 4) is 0 Å². The molecule has 2 rings (SSSR count). The number of hydrogen-bond donors (Lipinski definition) is 1. The summed E-state index contributed by atoms with van der Waals surface area (Å²) in [6, 6.07) is -0.231. The van der Waals surface area contributed by atoms with Gasteiger partial charge in [-0.05, 0) is 43.6 Å². The van der Waals surface area contributed by atoms with Crippen LogP contribution < -0.4 is 0 Å². The number of nitrogens with zero attached hydrogens (tertiary/aromatic N) is 1. The van der Waals surface area contributed by atoms with Crippen LogP contribution in [0.1, 0.15) is 41.5 Å². The standard InChI is InChI=1S/C15H30NO4Si/c1-13(2,3)21(7,8)18-9-11-12-15(6,10-16(11)17)20-14(4,5)19-12/h10-12,17H,9H2,1-8H3/q+1/t11-,12-,15+/m1/s1. The molecule has 1 fully saturated rings. The molecular weight excluding hydrogens is 286 g/mol. The average Bonchev–Trinajstić information content (AvgIpc) is 2.58. The van der Waals surface area contributed by atoms with Gasteiger partial charge < -0.3 is 13.9 Å². The van der Waals surface area contributed by atoms with Gasteiger partial charge >= 0.3 is 0 Å². The van der Waals surface area contributed by atoms with Gasteiger partial charge in [-0.1, -0.05) is 20.8 Å². The second kappa shape index (κ2) is 4.78. The first-order valence-corrected chi connectivity index (χ1v) is 10.5. The van der Waals surface area contributed by atoms with Crippen molar-refractivity contribution in [1.82, 2.24) is 0 Å². The molecule has 21 heavy (non-hydrogen) atoms. The van der Waals surface area contributed by atoms with Gasteiger partial charge in [0.25, 0.3) is 6.04 Å². The monoisotopic (exact) mass is 316 g/mol. The lowest BCUT2D eigenvalue weighted by molar-refractivity contribution is -0.795. The second-order valence-corrected chi connectivity index (χ2v) is 13.2. The average molecular weight is 316 g/mol. The molecule has 122 valence electrons. The Balaban J connectivity index is 2.10. The molecule has 1 N–H and O–H groups in total. The normalized spacial score (nSPS) is 35.7. The van der Waals surface area contributed by atoms with E-state index >= 15 is 0 Å². The van der Waals surface area contributed by atoms with E-state index in [0.29, 0.717) is 6.61 Å². The quantitative estimate of drug-likeness (QED) is 0.494. The van der Waals surface area contributed by atoms with Crippen LogP contribution in [0, 0.1) is 0 Å². The van der Waals surface area contributed by atoms with E-state index in [4.69, 9.17) is 13.9 Å². The van der Waals surface area contributed by atoms with Gasteiger partial charge in [-0.2, -0.15) is 0 Å². The van der Waals surface area contributed by atoms with Gasteiger partial charge in [0.2, 0.25) is 6.21 Å². The minimum atomic E-state index is -1.85. The van der Waals surface area contributed by atoms with Crippen LogP contribution in [-0.4, -0.2) is 54.6 Å². The maximum Gasteiger partial charge on any atom is 0.252 e. The minimum Gasteiger partial charge on any atom is -0.410 e. The number of ether oxygens (including phenoxy) is 2. The van der Waals surface area contributed by atoms with Crippen LogP contribution in [0.25, 0.3) is 0 Å². The molecule has 0 aliphatic carbocycles. The Morgan fingerprint density at radius 1 is 1.29 bits per heavy atom. The van der Waals surface area contributed by atoms with Crippen molar-refractivity contribution < 1.29 is 23.8 Å². The summed E-state index contributed by atoms with van der Waals surface area (Å²) in [4.78, 5) is 0. The molecule has 6 heteroatoms.